The van der Waals surface area contributed by atoms with E-state index >= 15 is 0 Å². The van der Waals surface area contributed by atoms with Gasteiger partial charge >= 0.3 is 5.97 Å². The average Bonchev–Trinajstić information content (AvgIpc) is 2.60. The normalized spacial score (nSPS) is 10.3. The van der Waals surface area contributed by atoms with Crippen molar-refractivity contribution in [3.8, 4) is 5.75 Å². The molecule has 3 N–H and O–H groups in total. The smallest absolute Gasteiger partial charge is 0.340 e. The molecular weight excluding hydrogens is 332 g/mol. The van der Waals surface area contributed by atoms with Crippen LogP contribution in [0.15, 0.2) is 36.4 Å². The van der Waals surface area contributed by atoms with E-state index in [1.807, 2.05) is 32.0 Å². The second-order valence-corrected chi connectivity index (χ2v) is 6.08. The van der Waals surface area contributed by atoms with Gasteiger partial charge in [0.25, 0.3) is 5.91 Å². The standard InChI is InChI=1S/C20H24N2O4/c1-13-7-8-17(15(3)11-13)25-10-9-22-18(23)12-26-20(24)16-6-4-5-14(2)19(16)21/h4-8,11H,9-10,12,21H2,1-3H3,(H,22,23). The molecule has 0 aromatic heterocycles. The molecule has 0 heterocycles. The van der Waals surface area contributed by atoms with Gasteiger partial charge in [-0.15, -0.1) is 0 Å². The highest BCUT2D eigenvalue weighted by molar-refractivity contribution is 5.96. The van der Waals surface area contributed by atoms with Gasteiger partial charge in [0.15, 0.2) is 6.61 Å². The highest BCUT2D eigenvalue weighted by Gasteiger charge is 2.14. The van der Waals surface area contributed by atoms with Gasteiger partial charge in [-0.3, -0.25) is 4.79 Å². The summed E-state index contributed by atoms with van der Waals surface area (Å²) >= 11 is 0. The number of ether oxygens (including phenoxy) is 2. The number of nitrogens with two attached hydrogens (primary N) is 1. The van der Waals surface area contributed by atoms with E-state index in [4.69, 9.17) is 15.2 Å². The average molecular weight is 356 g/mol. The molecule has 0 atom stereocenters. The van der Waals surface area contributed by atoms with E-state index in [2.05, 4.69) is 5.32 Å². The van der Waals surface area contributed by atoms with Gasteiger partial charge in [-0.25, -0.2) is 4.79 Å². The molecule has 0 bridgehead atoms. The first-order valence-corrected chi connectivity index (χ1v) is 8.37. The molecule has 0 saturated carbocycles. The second-order valence-electron chi connectivity index (χ2n) is 6.08. The second kappa shape index (κ2) is 8.89. The van der Waals surface area contributed by atoms with Crippen LogP contribution < -0.4 is 15.8 Å². The van der Waals surface area contributed by atoms with Gasteiger partial charge in [0, 0.05) is 5.69 Å². The van der Waals surface area contributed by atoms with E-state index in [0.717, 1.165) is 16.9 Å². The van der Waals surface area contributed by atoms with Crippen molar-refractivity contribution in [2.45, 2.75) is 20.8 Å². The number of para-hydroxylation sites is 1. The summed E-state index contributed by atoms with van der Waals surface area (Å²) in [6.07, 6.45) is 0. The number of nitrogens with one attached hydrogen (secondary N) is 1. The number of esters is 1. The molecule has 0 spiro atoms. The summed E-state index contributed by atoms with van der Waals surface area (Å²) in [7, 11) is 0. The fourth-order valence-electron chi connectivity index (χ4n) is 2.43. The Labute approximate surface area is 153 Å². The number of amides is 1. The Balaban J connectivity index is 1.72. The first kappa shape index (κ1) is 19.3. The summed E-state index contributed by atoms with van der Waals surface area (Å²) < 4.78 is 10.6. The third-order valence-corrected chi connectivity index (χ3v) is 3.89. The van der Waals surface area contributed by atoms with E-state index in [1.54, 1.807) is 25.1 Å². The molecule has 0 aliphatic heterocycles. The van der Waals surface area contributed by atoms with Crippen molar-refractivity contribution in [1.29, 1.82) is 0 Å². The van der Waals surface area contributed by atoms with E-state index in [9.17, 15) is 9.59 Å². The number of rotatable bonds is 7. The fraction of sp³-hybridized carbons (Fsp3) is 0.300. The van der Waals surface area contributed by atoms with Crippen molar-refractivity contribution in [3.05, 3.63) is 58.7 Å². The van der Waals surface area contributed by atoms with E-state index in [0.29, 0.717) is 18.8 Å². The Morgan fingerprint density at radius 2 is 1.85 bits per heavy atom. The summed E-state index contributed by atoms with van der Waals surface area (Å²) in [6, 6.07) is 11.0. The lowest BCUT2D eigenvalue weighted by Crippen LogP contribution is -2.32. The molecule has 0 aliphatic rings. The van der Waals surface area contributed by atoms with Gasteiger partial charge in [0.1, 0.15) is 12.4 Å². The first-order chi connectivity index (χ1) is 12.4. The number of carbonyl (C=O) groups is 2. The number of anilines is 1. The van der Waals surface area contributed by atoms with Crippen molar-refractivity contribution in [1.82, 2.24) is 5.32 Å². The Hall–Kier alpha value is -3.02. The van der Waals surface area contributed by atoms with Gasteiger partial charge in [0.05, 0.1) is 12.1 Å². The van der Waals surface area contributed by atoms with Crippen LogP contribution in [0.1, 0.15) is 27.0 Å². The summed E-state index contributed by atoms with van der Waals surface area (Å²) in [6.45, 7) is 6.06. The van der Waals surface area contributed by atoms with Crippen molar-refractivity contribution in [3.63, 3.8) is 0 Å². The quantitative estimate of drug-likeness (QED) is 0.452. The highest BCUT2D eigenvalue weighted by atomic mass is 16.5. The lowest BCUT2D eigenvalue weighted by Gasteiger charge is -2.11. The molecular formula is C20H24N2O4. The molecule has 2 rings (SSSR count). The summed E-state index contributed by atoms with van der Waals surface area (Å²) in [5.74, 6) is -0.229. The van der Waals surface area contributed by atoms with Gasteiger partial charge in [0.2, 0.25) is 0 Å². The van der Waals surface area contributed by atoms with Crippen LogP contribution >= 0.6 is 0 Å². The van der Waals surface area contributed by atoms with Crippen molar-refractivity contribution in [2.24, 2.45) is 0 Å². The van der Waals surface area contributed by atoms with Crippen molar-refractivity contribution in [2.75, 3.05) is 25.5 Å². The third kappa shape index (κ3) is 5.24. The molecule has 0 fully saturated rings. The fourth-order valence-corrected chi connectivity index (χ4v) is 2.43. The summed E-state index contributed by atoms with van der Waals surface area (Å²) in [4.78, 5) is 23.8. The number of nitrogen functional groups attached to an aromatic ring is 1. The SMILES string of the molecule is Cc1ccc(OCCNC(=O)COC(=O)c2cccc(C)c2N)c(C)c1. The molecule has 0 radical (unpaired) electrons. The number of hydrogen-bond donors (Lipinski definition) is 2. The lowest BCUT2D eigenvalue weighted by molar-refractivity contribution is -0.124. The minimum Gasteiger partial charge on any atom is -0.491 e. The molecule has 138 valence electrons. The molecule has 6 heteroatoms. The van der Waals surface area contributed by atoms with Gasteiger partial charge in [-0.05, 0) is 44.0 Å². The number of hydrogen-bond acceptors (Lipinski definition) is 5. The van der Waals surface area contributed by atoms with Gasteiger partial charge in [-0.1, -0.05) is 29.8 Å². The molecule has 0 saturated heterocycles. The molecule has 0 unspecified atom stereocenters. The highest BCUT2D eigenvalue weighted by Crippen LogP contribution is 2.18. The van der Waals surface area contributed by atoms with E-state index < -0.39 is 11.9 Å². The van der Waals surface area contributed by atoms with Gasteiger partial charge in [-0.2, -0.15) is 0 Å². The Kier molecular flexibility index (Phi) is 6.60. The third-order valence-electron chi connectivity index (χ3n) is 3.89. The molecule has 1 amide bonds. The summed E-state index contributed by atoms with van der Waals surface area (Å²) in [5, 5.41) is 2.64. The number of carbonyl (C=O) groups excluding carboxylic acids is 2. The minimum absolute atomic E-state index is 0.260. The van der Waals surface area contributed by atoms with Crippen LogP contribution in [-0.2, 0) is 9.53 Å². The van der Waals surface area contributed by atoms with Crippen molar-refractivity contribution >= 4 is 17.6 Å². The number of benzene rings is 2. The van der Waals surface area contributed by atoms with Crippen molar-refractivity contribution < 1.29 is 19.1 Å². The topological polar surface area (TPSA) is 90.6 Å². The van der Waals surface area contributed by atoms with Crippen LogP contribution in [0.2, 0.25) is 0 Å². The molecule has 2 aromatic carbocycles. The van der Waals surface area contributed by atoms with Crippen LogP contribution in [0.3, 0.4) is 0 Å². The van der Waals surface area contributed by atoms with E-state index in [-0.39, 0.29) is 12.2 Å². The molecule has 26 heavy (non-hydrogen) atoms. The van der Waals surface area contributed by atoms with Crippen LogP contribution in [0.25, 0.3) is 0 Å². The summed E-state index contributed by atoms with van der Waals surface area (Å²) in [5.41, 5.74) is 9.46. The van der Waals surface area contributed by atoms with Crippen LogP contribution in [0.4, 0.5) is 5.69 Å². The van der Waals surface area contributed by atoms with E-state index in [1.165, 1.54) is 5.56 Å². The zero-order valence-corrected chi connectivity index (χ0v) is 15.3. The Morgan fingerprint density at radius 3 is 2.58 bits per heavy atom. The minimum atomic E-state index is -0.618. The maximum Gasteiger partial charge on any atom is 0.340 e. The van der Waals surface area contributed by atoms with Gasteiger partial charge < -0.3 is 20.5 Å². The predicted molar refractivity (Wildman–Crippen MR) is 100 cm³/mol. The number of aryl methyl sites for hydroxylation is 3. The Bertz CT molecular complexity index is 802. The van der Waals surface area contributed by atoms with Crippen LogP contribution in [0, 0.1) is 20.8 Å². The molecule has 6 nitrogen and oxygen atoms in total. The van der Waals surface area contributed by atoms with Crippen LogP contribution in [-0.4, -0.2) is 31.6 Å². The predicted octanol–water partition coefficient (Wildman–Crippen LogP) is 2.55. The van der Waals surface area contributed by atoms with Crippen LogP contribution in [0.5, 0.6) is 5.75 Å². The largest absolute Gasteiger partial charge is 0.491 e. The Morgan fingerprint density at radius 1 is 1.08 bits per heavy atom. The first-order valence-electron chi connectivity index (χ1n) is 8.37. The maximum atomic E-state index is 12.0. The lowest BCUT2D eigenvalue weighted by atomic mass is 10.1. The molecule has 0 aliphatic carbocycles. The molecule has 2 aromatic rings. The monoisotopic (exact) mass is 356 g/mol. The zero-order valence-electron chi connectivity index (χ0n) is 15.3. The maximum absolute atomic E-state index is 12.0. The zero-order chi connectivity index (χ0) is 19.1.